The minimum absolute atomic E-state index is 0.190. The third-order valence-corrected chi connectivity index (χ3v) is 4.27. The first-order valence-corrected chi connectivity index (χ1v) is 8.37. The predicted octanol–water partition coefficient (Wildman–Crippen LogP) is 3.52. The van der Waals surface area contributed by atoms with Gasteiger partial charge in [-0.2, -0.15) is 0 Å². The summed E-state index contributed by atoms with van der Waals surface area (Å²) in [5.74, 6) is 0.190. The minimum Gasteiger partial charge on any atom is -0.354 e. The number of carbonyl (C=O) groups excluding carboxylic acids is 1. The summed E-state index contributed by atoms with van der Waals surface area (Å²) in [6.07, 6.45) is 6.58. The van der Waals surface area contributed by atoms with Gasteiger partial charge in [0.1, 0.15) is 0 Å². The van der Waals surface area contributed by atoms with Gasteiger partial charge in [0.15, 0.2) is 0 Å². The van der Waals surface area contributed by atoms with E-state index in [0.717, 1.165) is 32.5 Å². The van der Waals surface area contributed by atoms with E-state index in [2.05, 4.69) is 47.5 Å². The number of piperidine rings is 1. The van der Waals surface area contributed by atoms with Crippen LogP contribution >= 0.6 is 0 Å². The van der Waals surface area contributed by atoms with E-state index >= 15 is 0 Å². The Labute approximate surface area is 128 Å². The fraction of sp³-hybridized carbons (Fsp3) is 0.611. The molecule has 21 heavy (non-hydrogen) atoms. The quantitative estimate of drug-likeness (QED) is 0.832. The second kappa shape index (κ2) is 8.83. The van der Waals surface area contributed by atoms with E-state index in [0.29, 0.717) is 12.5 Å². The largest absolute Gasteiger partial charge is 0.354 e. The second-order valence-corrected chi connectivity index (χ2v) is 5.93. The van der Waals surface area contributed by atoms with Gasteiger partial charge in [-0.15, -0.1) is 0 Å². The van der Waals surface area contributed by atoms with Crippen LogP contribution in [0.4, 0.5) is 0 Å². The molecule has 0 spiro atoms. The highest BCUT2D eigenvalue weighted by Gasteiger charge is 2.22. The predicted molar refractivity (Wildman–Crippen MR) is 87.1 cm³/mol. The summed E-state index contributed by atoms with van der Waals surface area (Å²) in [7, 11) is 0. The molecular weight excluding hydrogens is 260 g/mol. The molecule has 1 atom stereocenters. The number of hydrogen-bond acceptors (Lipinski definition) is 2. The maximum atomic E-state index is 11.9. The summed E-state index contributed by atoms with van der Waals surface area (Å²) < 4.78 is 0. The van der Waals surface area contributed by atoms with Crippen LogP contribution in [0.1, 0.15) is 57.1 Å². The molecule has 0 bridgehead atoms. The molecule has 1 aromatic carbocycles. The first-order chi connectivity index (χ1) is 10.3. The summed E-state index contributed by atoms with van der Waals surface area (Å²) in [5.41, 5.74) is 1.31. The summed E-state index contributed by atoms with van der Waals surface area (Å²) in [4.78, 5) is 14.4. The Kier molecular flexibility index (Phi) is 6.74. The maximum Gasteiger partial charge on any atom is 0.220 e. The lowest BCUT2D eigenvalue weighted by Gasteiger charge is -2.35. The van der Waals surface area contributed by atoms with Crippen molar-refractivity contribution in [3.8, 4) is 0 Å². The molecule has 1 aliphatic rings. The number of carbonyl (C=O) groups is 1. The molecular formula is C18H28N2O. The van der Waals surface area contributed by atoms with Gasteiger partial charge in [-0.3, -0.25) is 9.69 Å². The Bertz CT molecular complexity index is 412. The van der Waals surface area contributed by atoms with Crippen LogP contribution in [0.25, 0.3) is 0 Å². The molecule has 1 saturated heterocycles. The number of amides is 1. The molecule has 3 nitrogen and oxygen atoms in total. The van der Waals surface area contributed by atoms with Crippen LogP contribution in [-0.4, -0.2) is 30.4 Å². The lowest BCUT2D eigenvalue weighted by Crippen LogP contribution is -2.40. The SMILES string of the molecule is CCCCC(=O)NC[C@@H](c1ccccc1)N1CCCCC1. The van der Waals surface area contributed by atoms with Gasteiger partial charge in [-0.25, -0.2) is 0 Å². The number of likely N-dealkylation sites (tertiary alicyclic amines) is 1. The molecule has 0 unspecified atom stereocenters. The molecule has 1 aromatic rings. The number of unbranched alkanes of at least 4 members (excludes halogenated alkanes) is 1. The molecule has 116 valence electrons. The average molecular weight is 288 g/mol. The van der Waals surface area contributed by atoms with E-state index in [-0.39, 0.29) is 5.91 Å². The highest BCUT2D eigenvalue weighted by atomic mass is 16.1. The zero-order chi connectivity index (χ0) is 14.9. The molecule has 1 heterocycles. The molecule has 1 amide bonds. The summed E-state index contributed by atoms with van der Waals surface area (Å²) in [6.45, 7) is 5.13. The van der Waals surface area contributed by atoms with Crippen molar-refractivity contribution in [3.63, 3.8) is 0 Å². The number of nitrogens with zero attached hydrogens (tertiary/aromatic N) is 1. The van der Waals surface area contributed by atoms with Crippen LogP contribution in [0.2, 0.25) is 0 Å². The average Bonchev–Trinajstić information content (AvgIpc) is 2.55. The number of benzene rings is 1. The normalized spacial score (nSPS) is 17.4. The Balaban J connectivity index is 1.97. The zero-order valence-electron chi connectivity index (χ0n) is 13.2. The maximum absolute atomic E-state index is 11.9. The minimum atomic E-state index is 0.190. The van der Waals surface area contributed by atoms with Gasteiger partial charge >= 0.3 is 0 Å². The summed E-state index contributed by atoms with van der Waals surface area (Å²) in [5, 5.41) is 3.13. The molecule has 0 aliphatic carbocycles. The van der Waals surface area contributed by atoms with E-state index in [4.69, 9.17) is 0 Å². The lowest BCUT2D eigenvalue weighted by molar-refractivity contribution is -0.121. The summed E-state index contributed by atoms with van der Waals surface area (Å²) in [6, 6.07) is 10.9. The van der Waals surface area contributed by atoms with Gasteiger partial charge in [0.2, 0.25) is 5.91 Å². The third-order valence-electron chi connectivity index (χ3n) is 4.27. The van der Waals surface area contributed by atoms with Crippen LogP contribution in [0, 0.1) is 0 Å². The van der Waals surface area contributed by atoms with Crippen molar-refractivity contribution in [2.75, 3.05) is 19.6 Å². The van der Waals surface area contributed by atoms with Crippen molar-refractivity contribution in [1.29, 1.82) is 0 Å². The Morgan fingerprint density at radius 1 is 1.19 bits per heavy atom. The monoisotopic (exact) mass is 288 g/mol. The van der Waals surface area contributed by atoms with Crippen LogP contribution in [-0.2, 0) is 4.79 Å². The molecule has 1 N–H and O–H groups in total. The molecule has 1 aliphatic heterocycles. The molecule has 2 rings (SSSR count). The van der Waals surface area contributed by atoms with Gasteiger partial charge < -0.3 is 5.32 Å². The van der Waals surface area contributed by atoms with E-state index in [9.17, 15) is 4.79 Å². The van der Waals surface area contributed by atoms with Gasteiger partial charge in [-0.05, 0) is 37.9 Å². The molecule has 0 saturated carbocycles. The van der Waals surface area contributed by atoms with E-state index in [1.165, 1.54) is 24.8 Å². The molecule has 3 heteroatoms. The van der Waals surface area contributed by atoms with E-state index in [1.54, 1.807) is 0 Å². The Morgan fingerprint density at radius 2 is 1.90 bits per heavy atom. The van der Waals surface area contributed by atoms with Crippen LogP contribution in [0.5, 0.6) is 0 Å². The van der Waals surface area contributed by atoms with Crippen LogP contribution in [0.15, 0.2) is 30.3 Å². The van der Waals surface area contributed by atoms with Crippen molar-refractivity contribution < 1.29 is 4.79 Å². The number of hydrogen-bond donors (Lipinski definition) is 1. The van der Waals surface area contributed by atoms with Gasteiger partial charge in [0.05, 0.1) is 6.04 Å². The van der Waals surface area contributed by atoms with E-state index in [1.807, 2.05) is 0 Å². The first kappa shape index (κ1) is 16.0. The first-order valence-electron chi connectivity index (χ1n) is 8.37. The highest BCUT2D eigenvalue weighted by Crippen LogP contribution is 2.24. The van der Waals surface area contributed by atoms with Crippen molar-refractivity contribution in [3.05, 3.63) is 35.9 Å². The standard InChI is InChI=1S/C18H28N2O/c1-2-3-12-18(21)19-15-17(16-10-6-4-7-11-16)20-13-8-5-9-14-20/h4,6-7,10-11,17H,2-3,5,8-9,12-15H2,1H3,(H,19,21)/t17-/m0/s1. The molecule has 0 radical (unpaired) electrons. The smallest absolute Gasteiger partial charge is 0.220 e. The third kappa shape index (κ3) is 5.16. The van der Waals surface area contributed by atoms with E-state index < -0.39 is 0 Å². The van der Waals surface area contributed by atoms with Crippen molar-refractivity contribution in [2.24, 2.45) is 0 Å². The molecule has 1 fully saturated rings. The van der Waals surface area contributed by atoms with Crippen molar-refractivity contribution in [2.45, 2.75) is 51.5 Å². The number of rotatable bonds is 7. The van der Waals surface area contributed by atoms with Gasteiger partial charge in [-0.1, -0.05) is 50.1 Å². The van der Waals surface area contributed by atoms with Crippen molar-refractivity contribution >= 4 is 5.91 Å². The second-order valence-electron chi connectivity index (χ2n) is 5.93. The lowest BCUT2D eigenvalue weighted by atomic mass is 10.0. The summed E-state index contributed by atoms with van der Waals surface area (Å²) >= 11 is 0. The topological polar surface area (TPSA) is 32.3 Å². The van der Waals surface area contributed by atoms with Gasteiger partial charge in [0, 0.05) is 13.0 Å². The fourth-order valence-electron chi connectivity index (χ4n) is 3.00. The number of nitrogens with one attached hydrogen (secondary N) is 1. The van der Waals surface area contributed by atoms with Crippen LogP contribution in [0.3, 0.4) is 0 Å². The fourth-order valence-corrected chi connectivity index (χ4v) is 3.00. The van der Waals surface area contributed by atoms with Crippen LogP contribution < -0.4 is 5.32 Å². The van der Waals surface area contributed by atoms with Gasteiger partial charge in [0.25, 0.3) is 0 Å². The Morgan fingerprint density at radius 3 is 2.57 bits per heavy atom. The highest BCUT2D eigenvalue weighted by molar-refractivity contribution is 5.75. The molecule has 0 aromatic heterocycles. The van der Waals surface area contributed by atoms with Crippen molar-refractivity contribution in [1.82, 2.24) is 10.2 Å². The Hall–Kier alpha value is -1.35. The zero-order valence-corrected chi connectivity index (χ0v) is 13.2.